The van der Waals surface area contributed by atoms with Crippen LogP contribution in [0.15, 0.2) is 28.6 Å². The van der Waals surface area contributed by atoms with Crippen LogP contribution < -0.4 is 10.1 Å². The van der Waals surface area contributed by atoms with E-state index in [4.69, 9.17) is 9.84 Å². The third kappa shape index (κ3) is 4.39. The van der Waals surface area contributed by atoms with Crippen molar-refractivity contribution in [2.45, 2.75) is 10.9 Å². The number of aliphatic carboxylic acids is 1. The minimum absolute atomic E-state index is 0.00683. The lowest BCUT2D eigenvalue weighted by atomic mass is 10.2. The first-order valence-electron chi connectivity index (χ1n) is 5.72. The summed E-state index contributed by atoms with van der Waals surface area (Å²) in [5, 5.41) is 20.3. The van der Waals surface area contributed by atoms with E-state index in [1.54, 1.807) is 7.11 Å². The molecule has 0 aliphatic heterocycles. The highest BCUT2D eigenvalue weighted by atomic mass is 32.2. The molecule has 0 fully saturated rings. The maximum Gasteiger partial charge on any atom is 0.313 e. The molecule has 1 aromatic carbocycles. The van der Waals surface area contributed by atoms with Crippen LogP contribution in [0, 0.1) is 0 Å². The molecule has 8 heteroatoms. The van der Waals surface area contributed by atoms with E-state index in [1.807, 2.05) is 24.3 Å². The minimum Gasteiger partial charge on any atom is -0.497 e. The van der Waals surface area contributed by atoms with Gasteiger partial charge in [-0.15, -0.1) is 10.2 Å². The molecule has 0 bridgehead atoms. The minimum atomic E-state index is -0.863. The van der Waals surface area contributed by atoms with E-state index in [2.05, 4.69) is 15.5 Å². The quantitative estimate of drug-likeness (QED) is 0.759. The monoisotopic (exact) mass is 311 g/mol. The van der Waals surface area contributed by atoms with Gasteiger partial charge in [0.1, 0.15) is 5.75 Å². The fraction of sp³-hybridized carbons (Fsp3) is 0.250. The van der Waals surface area contributed by atoms with E-state index in [9.17, 15) is 4.79 Å². The number of ether oxygens (including phenoxy) is 1. The molecule has 2 aromatic rings. The van der Waals surface area contributed by atoms with Crippen molar-refractivity contribution in [2.75, 3.05) is 18.2 Å². The number of carboxylic acid groups (broad SMARTS) is 1. The first kappa shape index (κ1) is 14.6. The summed E-state index contributed by atoms with van der Waals surface area (Å²) in [5.74, 6) is -0.0532. The van der Waals surface area contributed by atoms with Gasteiger partial charge in [0, 0.05) is 6.54 Å². The maximum atomic E-state index is 10.5. The lowest BCUT2D eigenvalue weighted by Gasteiger charge is -2.03. The number of thioether (sulfide) groups is 1. The van der Waals surface area contributed by atoms with E-state index >= 15 is 0 Å². The lowest BCUT2D eigenvalue weighted by Crippen LogP contribution is -1.98. The first-order valence-corrected chi connectivity index (χ1v) is 7.52. The molecule has 2 N–H and O–H groups in total. The van der Waals surface area contributed by atoms with Crippen LogP contribution in [0.3, 0.4) is 0 Å². The second-order valence-electron chi connectivity index (χ2n) is 3.76. The highest BCUT2D eigenvalue weighted by molar-refractivity contribution is 8.01. The number of anilines is 1. The van der Waals surface area contributed by atoms with Crippen LogP contribution in [0.4, 0.5) is 5.13 Å². The molecule has 20 heavy (non-hydrogen) atoms. The van der Waals surface area contributed by atoms with Crippen molar-refractivity contribution >= 4 is 34.2 Å². The number of carbonyl (C=O) groups is 1. The molecule has 0 aliphatic carbocycles. The Labute approximate surface area is 124 Å². The normalized spacial score (nSPS) is 10.2. The number of hydrogen-bond donors (Lipinski definition) is 2. The molecule has 2 rings (SSSR count). The molecule has 0 atom stereocenters. The van der Waals surface area contributed by atoms with Crippen LogP contribution in [0.2, 0.25) is 0 Å². The zero-order chi connectivity index (χ0) is 14.4. The molecule has 1 aromatic heterocycles. The Morgan fingerprint density at radius 1 is 1.40 bits per heavy atom. The summed E-state index contributed by atoms with van der Waals surface area (Å²) in [6, 6.07) is 7.72. The molecule has 0 unspecified atom stereocenters. The van der Waals surface area contributed by atoms with Crippen molar-refractivity contribution in [3.8, 4) is 5.75 Å². The van der Waals surface area contributed by atoms with Crippen LogP contribution in [0.1, 0.15) is 5.56 Å². The van der Waals surface area contributed by atoms with Crippen LogP contribution in [-0.4, -0.2) is 34.1 Å². The number of rotatable bonds is 7. The van der Waals surface area contributed by atoms with Gasteiger partial charge >= 0.3 is 5.97 Å². The van der Waals surface area contributed by atoms with Crippen molar-refractivity contribution in [1.82, 2.24) is 10.2 Å². The predicted octanol–water partition coefficient (Wildman–Crippen LogP) is 2.34. The molecule has 0 aliphatic rings. The van der Waals surface area contributed by atoms with Crippen LogP contribution in [0.25, 0.3) is 0 Å². The molecule has 0 saturated heterocycles. The second kappa shape index (κ2) is 7.11. The Balaban J connectivity index is 1.85. The Morgan fingerprint density at radius 3 is 2.80 bits per heavy atom. The predicted molar refractivity (Wildman–Crippen MR) is 78.6 cm³/mol. The summed E-state index contributed by atoms with van der Waals surface area (Å²) in [5.41, 5.74) is 1.10. The van der Waals surface area contributed by atoms with E-state index in [1.165, 1.54) is 11.3 Å². The zero-order valence-electron chi connectivity index (χ0n) is 10.7. The molecular formula is C12H13N3O3S2. The summed E-state index contributed by atoms with van der Waals surface area (Å²) in [4.78, 5) is 10.5. The number of benzene rings is 1. The lowest BCUT2D eigenvalue weighted by molar-refractivity contribution is -0.133. The van der Waals surface area contributed by atoms with Gasteiger partial charge in [0.25, 0.3) is 0 Å². The average Bonchev–Trinajstić information content (AvgIpc) is 2.91. The highest BCUT2D eigenvalue weighted by Gasteiger charge is 2.06. The van der Waals surface area contributed by atoms with E-state index in [0.29, 0.717) is 16.0 Å². The summed E-state index contributed by atoms with van der Waals surface area (Å²) in [6.45, 7) is 0.627. The van der Waals surface area contributed by atoms with E-state index in [-0.39, 0.29) is 5.75 Å². The van der Waals surface area contributed by atoms with Crippen LogP contribution >= 0.6 is 23.1 Å². The molecule has 0 radical (unpaired) electrons. The van der Waals surface area contributed by atoms with Gasteiger partial charge < -0.3 is 15.2 Å². The highest BCUT2D eigenvalue weighted by Crippen LogP contribution is 2.25. The Kier molecular flexibility index (Phi) is 5.19. The largest absolute Gasteiger partial charge is 0.497 e. The van der Waals surface area contributed by atoms with Gasteiger partial charge in [-0.2, -0.15) is 0 Å². The Hall–Kier alpha value is -1.80. The van der Waals surface area contributed by atoms with Crippen LogP contribution in [-0.2, 0) is 11.3 Å². The second-order valence-corrected chi connectivity index (χ2v) is 5.96. The zero-order valence-corrected chi connectivity index (χ0v) is 12.3. The van der Waals surface area contributed by atoms with Gasteiger partial charge in [-0.3, -0.25) is 4.79 Å². The van der Waals surface area contributed by atoms with Gasteiger partial charge in [0.05, 0.1) is 12.9 Å². The Morgan fingerprint density at radius 2 is 2.15 bits per heavy atom. The van der Waals surface area contributed by atoms with E-state index in [0.717, 1.165) is 23.1 Å². The van der Waals surface area contributed by atoms with Gasteiger partial charge in [-0.1, -0.05) is 35.2 Å². The van der Waals surface area contributed by atoms with E-state index < -0.39 is 5.97 Å². The van der Waals surface area contributed by atoms with Crippen LogP contribution in [0.5, 0.6) is 5.75 Å². The number of nitrogens with zero attached hydrogens (tertiary/aromatic N) is 2. The number of nitrogens with one attached hydrogen (secondary N) is 1. The fourth-order valence-corrected chi connectivity index (χ4v) is 2.85. The molecule has 0 spiro atoms. The van der Waals surface area contributed by atoms with Crippen molar-refractivity contribution < 1.29 is 14.6 Å². The van der Waals surface area contributed by atoms with Gasteiger partial charge in [0.15, 0.2) is 4.34 Å². The molecule has 6 nitrogen and oxygen atoms in total. The standard InChI is InChI=1S/C12H13N3O3S2/c1-18-9-4-2-8(3-5-9)6-13-11-14-15-12(20-11)19-7-10(16)17/h2-5H,6-7H2,1H3,(H,13,14)(H,16,17). The smallest absolute Gasteiger partial charge is 0.313 e. The average molecular weight is 311 g/mol. The van der Waals surface area contributed by atoms with Crippen molar-refractivity contribution in [2.24, 2.45) is 0 Å². The van der Waals surface area contributed by atoms with Gasteiger partial charge in [0.2, 0.25) is 5.13 Å². The first-order chi connectivity index (χ1) is 9.67. The number of aromatic nitrogens is 2. The third-order valence-corrected chi connectivity index (χ3v) is 4.33. The topological polar surface area (TPSA) is 84.3 Å². The van der Waals surface area contributed by atoms with Gasteiger partial charge in [-0.05, 0) is 17.7 Å². The summed E-state index contributed by atoms with van der Waals surface area (Å²) in [6.07, 6.45) is 0. The summed E-state index contributed by atoms with van der Waals surface area (Å²) < 4.78 is 5.73. The van der Waals surface area contributed by atoms with Crippen molar-refractivity contribution in [3.63, 3.8) is 0 Å². The summed E-state index contributed by atoms with van der Waals surface area (Å²) >= 11 is 2.51. The van der Waals surface area contributed by atoms with Crippen molar-refractivity contribution in [3.05, 3.63) is 29.8 Å². The SMILES string of the molecule is COc1ccc(CNc2nnc(SCC(=O)O)s2)cc1. The fourth-order valence-electron chi connectivity index (χ4n) is 1.38. The van der Waals surface area contributed by atoms with Crippen molar-refractivity contribution in [1.29, 1.82) is 0 Å². The number of methoxy groups -OCH3 is 1. The number of carboxylic acids is 1. The Bertz CT molecular complexity index is 572. The molecule has 0 amide bonds. The molecule has 0 saturated carbocycles. The molecule has 1 heterocycles. The third-order valence-electron chi connectivity index (χ3n) is 2.33. The maximum absolute atomic E-state index is 10.5. The van der Waals surface area contributed by atoms with Gasteiger partial charge in [-0.25, -0.2) is 0 Å². The summed E-state index contributed by atoms with van der Waals surface area (Å²) in [7, 11) is 1.63. The molecular weight excluding hydrogens is 298 g/mol. The number of hydrogen-bond acceptors (Lipinski definition) is 7. The molecule has 106 valence electrons.